The molecule has 12 nitrogen and oxygen atoms in total. The molecule has 12 unspecified atom stereocenters. The molecular weight excluding hydrogens is 388 g/mol. The van der Waals surface area contributed by atoms with Crippen LogP contribution in [0.4, 0.5) is 0 Å². The van der Waals surface area contributed by atoms with Crippen molar-refractivity contribution in [2.45, 2.75) is 79.9 Å². The maximum absolute atomic E-state index is 10.6. The van der Waals surface area contributed by atoms with Gasteiger partial charge in [-0.1, -0.05) is 12.2 Å². The highest BCUT2D eigenvalue weighted by Crippen LogP contribution is 2.31. The summed E-state index contributed by atoms with van der Waals surface area (Å²) in [6.45, 7) is -0.280. The monoisotopic (exact) mass is 420 g/mol. The molecule has 3 rings (SSSR count). The smallest absolute Gasteiger partial charge is 0.187 e. The zero-order chi connectivity index (χ0) is 21.3. The van der Waals surface area contributed by atoms with E-state index in [1.807, 2.05) is 0 Å². The van der Waals surface area contributed by atoms with Gasteiger partial charge >= 0.3 is 0 Å². The Morgan fingerprint density at radius 3 is 2.17 bits per heavy atom. The van der Waals surface area contributed by atoms with E-state index in [0.29, 0.717) is 0 Å². The van der Waals surface area contributed by atoms with Gasteiger partial charge in [-0.3, -0.25) is 0 Å². The van der Waals surface area contributed by atoms with Gasteiger partial charge in [-0.05, 0) is 6.42 Å². The maximum Gasteiger partial charge on any atom is 0.187 e. The maximum atomic E-state index is 10.6. The van der Waals surface area contributed by atoms with Crippen LogP contribution in [0.1, 0.15) is 6.42 Å². The Morgan fingerprint density at radius 1 is 0.862 bits per heavy atom. The fraction of sp³-hybridized carbons (Fsp3) is 0.882. The van der Waals surface area contributed by atoms with Crippen LogP contribution in [-0.2, 0) is 18.9 Å². The lowest BCUT2D eigenvalue weighted by Crippen LogP contribution is -2.65. The molecule has 2 heterocycles. The quantitative estimate of drug-likeness (QED) is 0.190. The van der Waals surface area contributed by atoms with Crippen LogP contribution in [0.3, 0.4) is 0 Å². The average Bonchev–Trinajstić information content (AvgIpc) is 2.97. The van der Waals surface area contributed by atoms with E-state index in [1.165, 1.54) is 0 Å². The van der Waals surface area contributed by atoms with E-state index < -0.39 is 73.9 Å². The van der Waals surface area contributed by atoms with Crippen molar-refractivity contribution in [3.63, 3.8) is 0 Å². The molecular formula is C17H32N4O8. The van der Waals surface area contributed by atoms with Crippen molar-refractivity contribution in [1.29, 1.82) is 0 Å². The van der Waals surface area contributed by atoms with E-state index in [9.17, 15) is 20.4 Å². The lowest BCUT2D eigenvalue weighted by Gasteiger charge is -2.45. The summed E-state index contributed by atoms with van der Waals surface area (Å²) in [5.41, 5.74) is 23.9. The van der Waals surface area contributed by atoms with Gasteiger partial charge in [0.05, 0.1) is 24.9 Å². The van der Waals surface area contributed by atoms with Crippen LogP contribution in [0.5, 0.6) is 0 Å². The molecule has 12 N–H and O–H groups in total. The van der Waals surface area contributed by atoms with Gasteiger partial charge in [0, 0.05) is 18.6 Å². The molecule has 168 valence electrons. The molecule has 1 saturated carbocycles. The summed E-state index contributed by atoms with van der Waals surface area (Å²) in [4.78, 5) is 0. The molecule has 3 aliphatic rings. The minimum Gasteiger partial charge on any atom is -0.394 e. The number of nitrogens with two attached hydrogens (primary N) is 4. The van der Waals surface area contributed by atoms with Crippen molar-refractivity contribution in [1.82, 2.24) is 0 Å². The largest absolute Gasteiger partial charge is 0.394 e. The molecule has 0 aromatic rings. The number of hydrogen-bond acceptors (Lipinski definition) is 12. The first kappa shape index (κ1) is 22.9. The first-order chi connectivity index (χ1) is 13.8. The summed E-state index contributed by atoms with van der Waals surface area (Å²) in [5, 5.41) is 40.0. The van der Waals surface area contributed by atoms with Crippen LogP contribution in [0, 0.1) is 0 Å². The highest BCUT2D eigenvalue weighted by atomic mass is 16.7. The Morgan fingerprint density at radius 2 is 1.55 bits per heavy atom. The minimum absolute atomic E-state index is 0.232. The number of aliphatic hydroxyl groups excluding tert-OH is 4. The normalized spacial score (nSPS) is 50.8. The molecule has 0 amide bonds. The van der Waals surface area contributed by atoms with Crippen LogP contribution in [-0.4, -0.2) is 107 Å². The highest BCUT2D eigenvalue weighted by Gasteiger charge is 2.50. The Kier molecular flexibility index (Phi) is 7.59. The molecule has 1 aliphatic carbocycles. The Labute approximate surface area is 168 Å². The standard InChI is InChI=1S/C17H32N4O8/c18-4-6-1-2-7(19)16(26-6)28-14-9(21)3-8(20)11(23)15(14)29-17-13(25)12(24)10(5-22)27-17/h1-2,6-17,22-25H,3-5,18-21H2. The first-order valence-corrected chi connectivity index (χ1v) is 9.68. The first-order valence-electron chi connectivity index (χ1n) is 9.68. The van der Waals surface area contributed by atoms with E-state index >= 15 is 0 Å². The lowest BCUT2D eigenvalue weighted by molar-refractivity contribution is -0.278. The van der Waals surface area contributed by atoms with Crippen LogP contribution >= 0.6 is 0 Å². The van der Waals surface area contributed by atoms with E-state index in [2.05, 4.69) is 0 Å². The van der Waals surface area contributed by atoms with E-state index in [0.717, 1.165) is 0 Å². The second kappa shape index (κ2) is 9.60. The summed E-state index contributed by atoms with van der Waals surface area (Å²) in [7, 11) is 0. The SMILES string of the molecule is NCC1C=CC(N)C(OC2C(N)CC(N)C(O)C2OC2OC(CO)C(O)C2O)O1. The number of aliphatic hydroxyl groups is 4. The van der Waals surface area contributed by atoms with Gasteiger partial charge in [-0.2, -0.15) is 0 Å². The van der Waals surface area contributed by atoms with Crippen LogP contribution < -0.4 is 22.9 Å². The zero-order valence-corrected chi connectivity index (χ0v) is 15.9. The molecule has 0 spiro atoms. The van der Waals surface area contributed by atoms with Crippen molar-refractivity contribution >= 4 is 0 Å². The molecule has 12 atom stereocenters. The Hall–Kier alpha value is -0.740. The average molecular weight is 420 g/mol. The lowest BCUT2D eigenvalue weighted by atomic mass is 9.84. The molecule has 12 heteroatoms. The highest BCUT2D eigenvalue weighted by molar-refractivity contribution is 5.05. The third kappa shape index (κ3) is 4.79. The summed E-state index contributed by atoms with van der Waals surface area (Å²) >= 11 is 0. The molecule has 29 heavy (non-hydrogen) atoms. The van der Waals surface area contributed by atoms with Crippen molar-refractivity contribution < 1.29 is 39.4 Å². The van der Waals surface area contributed by atoms with Gasteiger partial charge in [0.25, 0.3) is 0 Å². The Bertz CT molecular complexity index is 572. The van der Waals surface area contributed by atoms with E-state index in [4.69, 9.17) is 41.9 Å². The van der Waals surface area contributed by atoms with Crippen LogP contribution in [0.15, 0.2) is 12.2 Å². The van der Waals surface area contributed by atoms with Crippen molar-refractivity contribution in [2.75, 3.05) is 13.2 Å². The molecule has 2 aliphatic heterocycles. The van der Waals surface area contributed by atoms with Gasteiger partial charge in [-0.25, -0.2) is 0 Å². The summed E-state index contributed by atoms with van der Waals surface area (Å²) < 4.78 is 22.8. The fourth-order valence-corrected chi connectivity index (χ4v) is 3.80. The third-order valence-electron chi connectivity index (χ3n) is 5.55. The van der Waals surface area contributed by atoms with Crippen molar-refractivity contribution in [3.8, 4) is 0 Å². The second-order valence-electron chi connectivity index (χ2n) is 7.70. The molecule has 0 bridgehead atoms. The molecule has 0 aromatic carbocycles. The zero-order valence-electron chi connectivity index (χ0n) is 15.9. The summed E-state index contributed by atoms with van der Waals surface area (Å²) in [6, 6.07) is -1.93. The number of ether oxygens (including phenoxy) is 4. The van der Waals surface area contributed by atoms with Gasteiger partial charge < -0.3 is 62.3 Å². The molecule has 0 radical (unpaired) electrons. The van der Waals surface area contributed by atoms with Crippen molar-refractivity contribution in [2.24, 2.45) is 22.9 Å². The molecule has 1 saturated heterocycles. The van der Waals surface area contributed by atoms with Crippen LogP contribution in [0.2, 0.25) is 0 Å². The number of rotatable bonds is 6. The van der Waals surface area contributed by atoms with Gasteiger partial charge in [0.2, 0.25) is 0 Å². The van der Waals surface area contributed by atoms with Gasteiger partial charge in [0.15, 0.2) is 12.6 Å². The molecule has 2 fully saturated rings. The topological polar surface area (TPSA) is 222 Å². The Balaban J connectivity index is 1.75. The minimum atomic E-state index is -1.44. The molecule has 0 aromatic heterocycles. The predicted octanol–water partition coefficient (Wildman–Crippen LogP) is -4.82. The van der Waals surface area contributed by atoms with Gasteiger partial charge in [-0.15, -0.1) is 0 Å². The fourth-order valence-electron chi connectivity index (χ4n) is 3.80. The van der Waals surface area contributed by atoms with E-state index in [-0.39, 0.29) is 19.1 Å². The summed E-state index contributed by atoms with van der Waals surface area (Å²) in [5.74, 6) is 0. The summed E-state index contributed by atoms with van der Waals surface area (Å²) in [6.07, 6.45) is -5.89. The third-order valence-corrected chi connectivity index (χ3v) is 5.55. The number of hydrogen-bond donors (Lipinski definition) is 8. The van der Waals surface area contributed by atoms with E-state index in [1.54, 1.807) is 12.2 Å². The van der Waals surface area contributed by atoms with Crippen LogP contribution in [0.25, 0.3) is 0 Å². The predicted molar refractivity (Wildman–Crippen MR) is 98.9 cm³/mol. The van der Waals surface area contributed by atoms with Gasteiger partial charge in [0.1, 0.15) is 30.5 Å². The second-order valence-corrected chi connectivity index (χ2v) is 7.70. The van der Waals surface area contributed by atoms with Crippen molar-refractivity contribution in [3.05, 3.63) is 12.2 Å².